The van der Waals surface area contributed by atoms with Crippen LogP contribution >= 0.6 is 0 Å². The van der Waals surface area contributed by atoms with Crippen molar-refractivity contribution >= 4 is 11.5 Å². The molecule has 1 heterocycles. The molecule has 1 aliphatic heterocycles. The number of hydrogen-bond donors (Lipinski definition) is 3. The van der Waals surface area contributed by atoms with Gasteiger partial charge in [-0.05, 0) is 18.2 Å². The van der Waals surface area contributed by atoms with Crippen LogP contribution in [0.5, 0.6) is 11.5 Å². The predicted molar refractivity (Wildman–Crippen MR) is 66.2 cm³/mol. The molecule has 3 N–H and O–H groups in total. The Morgan fingerprint density at radius 1 is 1.11 bits per heavy atom. The highest BCUT2D eigenvalue weighted by atomic mass is 16.5. The van der Waals surface area contributed by atoms with E-state index in [9.17, 15) is 15.0 Å². The fraction of sp³-hybridized carbons (Fsp3) is 0.308. The molecule has 0 bridgehead atoms. The lowest BCUT2D eigenvalue weighted by Crippen LogP contribution is -2.15. The van der Waals surface area contributed by atoms with Gasteiger partial charge in [-0.15, -0.1) is 0 Å². The third-order valence-corrected chi connectivity index (χ3v) is 2.29. The number of ether oxygens (including phenoxy) is 1. The van der Waals surface area contributed by atoms with Gasteiger partial charge in [0.2, 0.25) is 11.5 Å². The highest BCUT2D eigenvalue weighted by Gasteiger charge is 2.23. The number of benzene rings is 1. The summed E-state index contributed by atoms with van der Waals surface area (Å²) in [5, 5.41) is 27.9. The summed E-state index contributed by atoms with van der Waals surface area (Å²) in [5.74, 6) is -1.41. The number of hydrogen-bond acceptors (Lipinski definition) is 5. The van der Waals surface area contributed by atoms with E-state index in [0.717, 1.165) is 0 Å². The molecule has 0 aromatic heterocycles. The van der Waals surface area contributed by atoms with Gasteiger partial charge in [-0.3, -0.25) is 4.79 Å². The van der Waals surface area contributed by atoms with E-state index in [1.807, 2.05) is 13.8 Å². The van der Waals surface area contributed by atoms with Crippen LogP contribution in [0.15, 0.2) is 24.0 Å². The maximum Gasteiger partial charge on any atom is 0.204 e. The smallest absolute Gasteiger partial charge is 0.204 e. The number of Topliss-reactive ketones (excluding diaryl/α,β-unsaturated/α-hetero) is 1. The van der Waals surface area contributed by atoms with Crippen molar-refractivity contribution in [3.8, 4) is 11.5 Å². The third-order valence-electron chi connectivity index (χ3n) is 2.29. The first kappa shape index (κ1) is 13.9. The molecular formula is C13H16O5. The maximum atomic E-state index is 11.2. The van der Waals surface area contributed by atoms with Gasteiger partial charge in [-0.1, -0.05) is 13.8 Å². The van der Waals surface area contributed by atoms with Gasteiger partial charge in [-0.2, -0.15) is 0 Å². The quantitative estimate of drug-likeness (QED) is 0.668. The SMILES string of the molecule is CC.O=C1CCOC(c2ccc(O)c(O)c2)=C1O. The average molecular weight is 252 g/mol. The first-order valence-electron chi connectivity index (χ1n) is 5.71. The molecule has 18 heavy (non-hydrogen) atoms. The second-order valence-corrected chi connectivity index (χ2v) is 3.40. The number of allylic oxidation sites excluding steroid dienone is 1. The van der Waals surface area contributed by atoms with Crippen LogP contribution in [0.1, 0.15) is 25.8 Å². The summed E-state index contributed by atoms with van der Waals surface area (Å²) in [6.07, 6.45) is 0.138. The second kappa shape index (κ2) is 5.95. The Bertz CT molecular complexity index is 476. The minimum atomic E-state index is -0.448. The van der Waals surface area contributed by atoms with E-state index in [4.69, 9.17) is 9.84 Å². The highest BCUT2D eigenvalue weighted by Crippen LogP contribution is 2.31. The topological polar surface area (TPSA) is 87.0 Å². The van der Waals surface area contributed by atoms with Crippen molar-refractivity contribution in [2.45, 2.75) is 20.3 Å². The van der Waals surface area contributed by atoms with Crippen molar-refractivity contribution in [3.63, 3.8) is 0 Å². The van der Waals surface area contributed by atoms with E-state index in [1.165, 1.54) is 18.2 Å². The zero-order chi connectivity index (χ0) is 13.7. The minimum Gasteiger partial charge on any atom is -0.504 e. The van der Waals surface area contributed by atoms with Crippen LogP contribution in [-0.4, -0.2) is 27.7 Å². The Morgan fingerprint density at radius 3 is 2.39 bits per heavy atom. The molecule has 0 saturated heterocycles. The summed E-state index contributed by atoms with van der Waals surface area (Å²) in [7, 11) is 0. The van der Waals surface area contributed by atoms with E-state index < -0.39 is 11.5 Å². The zero-order valence-electron chi connectivity index (χ0n) is 10.3. The van der Waals surface area contributed by atoms with Crippen LogP contribution < -0.4 is 0 Å². The molecule has 0 saturated carbocycles. The lowest BCUT2D eigenvalue weighted by atomic mass is 10.1. The summed E-state index contributed by atoms with van der Waals surface area (Å²) in [5.41, 5.74) is 0.348. The lowest BCUT2D eigenvalue weighted by Gasteiger charge is -2.17. The van der Waals surface area contributed by atoms with Crippen molar-refractivity contribution in [1.82, 2.24) is 0 Å². The van der Waals surface area contributed by atoms with Gasteiger partial charge in [0.1, 0.15) is 0 Å². The van der Waals surface area contributed by atoms with Gasteiger partial charge in [0, 0.05) is 12.0 Å². The van der Waals surface area contributed by atoms with Crippen molar-refractivity contribution < 1.29 is 24.9 Å². The fourth-order valence-corrected chi connectivity index (χ4v) is 1.44. The number of aromatic hydroxyl groups is 2. The van der Waals surface area contributed by atoms with E-state index in [2.05, 4.69) is 0 Å². The fourth-order valence-electron chi connectivity index (χ4n) is 1.44. The molecule has 1 aromatic carbocycles. The average Bonchev–Trinajstić information content (AvgIpc) is 2.39. The molecule has 0 spiro atoms. The number of rotatable bonds is 1. The molecule has 0 fully saturated rings. The first-order chi connectivity index (χ1) is 8.59. The number of aliphatic hydroxyl groups is 1. The van der Waals surface area contributed by atoms with Gasteiger partial charge < -0.3 is 20.1 Å². The standard InChI is InChI=1S/C11H10O5.C2H6/c12-7-2-1-6(5-9(7)14)11-10(15)8(13)3-4-16-11;1-2/h1-2,5,12,14-15H,3-4H2;1-2H3. The summed E-state index contributed by atoms with van der Waals surface area (Å²) in [6, 6.07) is 3.92. The Hall–Kier alpha value is -2.17. The number of carbonyl (C=O) groups is 1. The monoisotopic (exact) mass is 252 g/mol. The van der Waals surface area contributed by atoms with Gasteiger partial charge in [0.15, 0.2) is 17.3 Å². The van der Waals surface area contributed by atoms with Gasteiger partial charge in [0.25, 0.3) is 0 Å². The maximum absolute atomic E-state index is 11.2. The van der Waals surface area contributed by atoms with Crippen molar-refractivity contribution in [1.29, 1.82) is 0 Å². The van der Waals surface area contributed by atoms with E-state index in [-0.39, 0.29) is 30.3 Å². The summed E-state index contributed by atoms with van der Waals surface area (Å²) >= 11 is 0. The Kier molecular flexibility index (Phi) is 4.59. The van der Waals surface area contributed by atoms with Crippen LogP contribution in [0.3, 0.4) is 0 Å². The number of carbonyl (C=O) groups excluding carboxylic acids is 1. The van der Waals surface area contributed by atoms with Crippen LogP contribution in [0.25, 0.3) is 5.76 Å². The molecule has 0 amide bonds. The molecule has 1 aromatic rings. The molecule has 0 radical (unpaired) electrons. The molecule has 2 rings (SSSR count). The first-order valence-corrected chi connectivity index (χ1v) is 5.71. The molecule has 5 heteroatoms. The van der Waals surface area contributed by atoms with E-state index >= 15 is 0 Å². The van der Waals surface area contributed by atoms with Crippen molar-refractivity contribution in [3.05, 3.63) is 29.5 Å². The Labute approximate surface area is 105 Å². The summed E-state index contributed by atoms with van der Waals surface area (Å²) in [6.45, 7) is 4.19. The van der Waals surface area contributed by atoms with Crippen molar-refractivity contribution in [2.75, 3.05) is 6.61 Å². The van der Waals surface area contributed by atoms with Crippen molar-refractivity contribution in [2.24, 2.45) is 0 Å². The molecule has 0 atom stereocenters. The van der Waals surface area contributed by atoms with E-state index in [1.54, 1.807) is 0 Å². The predicted octanol–water partition coefficient (Wildman–Crippen LogP) is 2.34. The third kappa shape index (κ3) is 2.74. The molecule has 98 valence electrons. The van der Waals surface area contributed by atoms with Crippen LogP contribution in [-0.2, 0) is 9.53 Å². The van der Waals surface area contributed by atoms with Gasteiger partial charge >= 0.3 is 0 Å². The number of aliphatic hydroxyl groups excluding tert-OH is 1. The number of phenols is 2. The highest BCUT2D eigenvalue weighted by molar-refractivity contribution is 6.00. The summed E-state index contributed by atoms with van der Waals surface area (Å²) < 4.78 is 5.16. The molecule has 1 aliphatic rings. The number of phenolic OH excluding ortho intramolecular Hbond substituents is 2. The van der Waals surface area contributed by atoms with Crippen LogP contribution in [0.4, 0.5) is 0 Å². The largest absolute Gasteiger partial charge is 0.504 e. The normalized spacial score (nSPS) is 14.7. The minimum absolute atomic E-state index is 0.0338. The summed E-state index contributed by atoms with van der Waals surface area (Å²) in [4.78, 5) is 11.2. The molecular weight excluding hydrogens is 236 g/mol. The van der Waals surface area contributed by atoms with E-state index in [0.29, 0.717) is 5.56 Å². The zero-order valence-corrected chi connectivity index (χ0v) is 10.3. The van der Waals surface area contributed by atoms with Crippen LogP contribution in [0, 0.1) is 0 Å². The molecule has 0 unspecified atom stereocenters. The number of ketones is 1. The lowest BCUT2D eigenvalue weighted by molar-refractivity contribution is -0.119. The van der Waals surface area contributed by atoms with Gasteiger partial charge in [-0.25, -0.2) is 0 Å². The van der Waals surface area contributed by atoms with Gasteiger partial charge in [0.05, 0.1) is 6.61 Å². The Balaban J connectivity index is 0.000000771. The second-order valence-electron chi connectivity index (χ2n) is 3.40. The molecule has 0 aliphatic carbocycles. The van der Waals surface area contributed by atoms with Crippen LogP contribution in [0.2, 0.25) is 0 Å². The Morgan fingerprint density at radius 2 is 1.78 bits per heavy atom. The molecule has 5 nitrogen and oxygen atoms in total.